The van der Waals surface area contributed by atoms with E-state index < -0.39 is 10.8 Å². The highest BCUT2D eigenvalue weighted by atomic mass is 32.1. The Labute approximate surface area is 167 Å². The standard InChI is InChI=1S/C19H20N4O4S/c1-2-3-12-20-17(24)13-4-8-15(9-5-13)21-19(28)22-18(25)14-6-10-16(11-7-14)23(26)27/h4-11H,2-3,12H2,1H3,(H,20,24)(H2,21,22,25,28). The highest BCUT2D eigenvalue weighted by Gasteiger charge is 2.11. The molecule has 0 fully saturated rings. The van der Waals surface area contributed by atoms with Crippen LogP contribution >= 0.6 is 12.2 Å². The van der Waals surface area contributed by atoms with Crippen molar-refractivity contribution < 1.29 is 14.5 Å². The number of unbranched alkanes of at least 4 members (excludes halogenated alkanes) is 1. The van der Waals surface area contributed by atoms with Gasteiger partial charge < -0.3 is 10.6 Å². The first-order chi connectivity index (χ1) is 13.4. The Hall–Kier alpha value is -3.33. The molecule has 0 spiro atoms. The molecule has 2 aromatic rings. The maximum absolute atomic E-state index is 12.1. The van der Waals surface area contributed by atoms with Gasteiger partial charge in [0, 0.05) is 35.5 Å². The van der Waals surface area contributed by atoms with E-state index in [1.54, 1.807) is 24.3 Å². The highest BCUT2D eigenvalue weighted by molar-refractivity contribution is 7.80. The van der Waals surface area contributed by atoms with Crippen LogP contribution in [-0.4, -0.2) is 28.4 Å². The number of nitro benzene ring substituents is 1. The summed E-state index contributed by atoms with van der Waals surface area (Å²) < 4.78 is 0. The van der Waals surface area contributed by atoms with Crippen LogP contribution in [0.15, 0.2) is 48.5 Å². The zero-order valence-electron chi connectivity index (χ0n) is 15.2. The number of benzene rings is 2. The van der Waals surface area contributed by atoms with Gasteiger partial charge in [-0.2, -0.15) is 0 Å². The lowest BCUT2D eigenvalue weighted by Gasteiger charge is -2.10. The monoisotopic (exact) mass is 400 g/mol. The molecule has 9 heteroatoms. The normalized spacial score (nSPS) is 10.0. The van der Waals surface area contributed by atoms with Crippen molar-refractivity contribution in [1.29, 1.82) is 0 Å². The van der Waals surface area contributed by atoms with Crippen molar-refractivity contribution in [1.82, 2.24) is 10.6 Å². The minimum absolute atomic E-state index is 0.0727. The van der Waals surface area contributed by atoms with Crippen LogP contribution in [0.5, 0.6) is 0 Å². The summed E-state index contributed by atoms with van der Waals surface area (Å²) in [5, 5.41) is 18.9. The van der Waals surface area contributed by atoms with E-state index in [2.05, 4.69) is 22.9 Å². The Bertz CT molecular complexity index is 867. The van der Waals surface area contributed by atoms with E-state index >= 15 is 0 Å². The van der Waals surface area contributed by atoms with Gasteiger partial charge in [0.2, 0.25) is 0 Å². The number of anilines is 1. The number of rotatable bonds is 7. The third kappa shape index (κ3) is 6.13. The molecule has 0 heterocycles. The fourth-order valence-electron chi connectivity index (χ4n) is 2.26. The number of thiocarbonyl (C=S) groups is 1. The molecule has 146 valence electrons. The Kier molecular flexibility index (Phi) is 7.58. The molecule has 2 aromatic carbocycles. The van der Waals surface area contributed by atoms with Crippen molar-refractivity contribution in [3.63, 3.8) is 0 Å². The summed E-state index contributed by atoms with van der Waals surface area (Å²) >= 11 is 5.10. The molecule has 0 unspecified atom stereocenters. The van der Waals surface area contributed by atoms with E-state index in [4.69, 9.17) is 12.2 Å². The molecule has 8 nitrogen and oxygen atoms in total. The molecule has 28 heavy (non-hydrogen) atoms. The molecule has 0 atom stereocenters. The van der Waals surface area contributed by atoms with Crippen molar-refractivity contribution in [3.05, 3.63) is 69.8 Å². The van der Waals surface area contributed by atoms with Gasteiger partial charge in [-0.15, -0.1) is 0 Å². The molecule has 0 aliphatic heterocycles. The average molecular weight is 400 g/mol. The van der Waals surface area contributed by atoms with Gasteiger partial charge in [-0.25, -0.2) is 0 Å². The van der Waals surface area contributed by atoms with Crippen molar-refractivity contribution in [2.45, 2.75) is 19.8 Å². The Balaban J connectivity index is 1.89. The van der Waals surface area contributed by atoms with Crippen molar-refractivity contribution in [2.24, 2.45) is 0 Å². The predicted octanol–water partition coefficient (Wildman–Crippen LogP) is 3.25. The minimum Gasteiger partial charge on any atom is -0.352 e. The lowest BCUT2D eigenvalue weighted by atomic mass is 10.2. The Morgan fingerprint density at radius 1 is 1.00 bits per heavy atom. The lowest BCUT2D eigenvalue weighted by Crippen LogP contribution is -2.34. The van der Waals surface area contributed by atoms with Gasteiger partial charge in [0.1, 0.15) is 0 Å². The molecule has 0 aliphatic carbocycles. The molecular formula is C19H20N4O4S. The first-order valence-electron chi connectivity index (χ1n) is 8.65. The topological polar surface area (TPSA) is 113 Å². The van der Waals surface area contributed by atoms with Crippen LogP contribution in [0, 0.1) is 10.1 Å². The summed E-state index contributed by atoms with van der Waals surface area (Å²) in [5.74, 6) is -0.631. The third-order valence-corrected chi connectivity index (χ3v) is 3.99. The van der Waals surface area contributed by atoms with Gasteiger partial charge in [-0.3, -0.25) is 25.0 Å². The number of nitrogens with zero attached hydrogens (tertiary/aromatic N) is 1. The van der Waals surface area contributed by atoms with Gasteiger partial charge in [-0.1, -0.05) is 13.3 Å². The summed E-state index contributed by atoms with van der Waals surface area (Å²) in [6.45, 7) is 2.68. The van der Waals surface area contributed by atoms with E-state index in [-0.39, 0.29) is 22.3 Å². The van der Waals surface area contributed by atoms with Crippen LogP contribution in [-0.2, 0) is 0 Å². The number of carbonyl (C=O) groups excluding carboxylic acids is 2. The number of carbonyl (C=O) groups is 2. The van der Waals surface area contributed by atoms with Crippen LogP contribution in [0.2, 0.25) is 0 Å². The average Bonchev–Trinajstić information content (AvgIpc) is 2.68. The summed E-state index contributed by atoms with van der Waals surface area (Å²) in [4.78, 5) is 34.2. The Morgan fingerprint density at radius 2 is 1.57 bits per heavy atom. The summed E-state index contributed by atoms with van der Waals surface area (Å²) in [5.41, 5.74) is 1.28. The molecule has 0 radical (unpaired) electrons. The number of nitrogens with one attached hydrogen (secondary N) is 3. The molecule has 0 aliphatic rings. The van der Waals surface area contributed by atoms with Gasteiger partial charge in [-0.05, 0) is 55.0 Å². The molecule has 0 aromatic heterocycles. The van der Waals surface area contributed by atoms with E-state index in [0.717, 1.165) is 12.8 Å². The molecule has 2 rings (SSSR count). The van der Waals surface area contributed by atoms with Gasteiger partial charge >= 0.3 is 0 Å². The van der Waals surface area contributed by atoms with Crippen molar-refractivity contribution in [3.8, 4) is 0 Å². The largest absolute Gasteiger partial charge is 0.352 e. The van der Waals surface area contributed by atoms with Crippen LogP contribution in [0.1, 0.15) is 40.5 Å². The second-order valence-electron chi connectivity index (χ2n) is 5.90. The molecular weight excluding hydrogens is 380 g/mol. The van der Waals surface area contributed by atoms with E-state index in [1.807, 2.05) is 0 Å². The van der Waals surface area contributed by atoms with Crippen LogP contribution in [0.3, 0.4) is 0 Å². The SMILES string of the molecule is CCCCNC(=O)c1ccc(NC(=S)NC(=O)c2ccc([N+](=O)[O-])cc2)cc1. The van der Waals surface area contributed by atoms with Gasteiger partial charge in [0.15, 0.2) is 5.11 Å². The van der Waals surface area contributed by atoms with E-state index in [1.165, 1.54) is 24.3 Å². The quantitative estimate of drug-likeness (QED) is 0.285. The second kappa shape index (κ2) is 10.1. The van der Waals surface area contributed by atoms with Crippen LogP contribution < -0.4 is 16.0 Å². The number of hydrogen-bond acceptors (Lipinski definition) is 5. The molecule has 0 bridgehead atoms. The fraction of sp³-hybridized carbons (Fsp3) is 0.211. The zero-order chi connectivity index (χ0) is 20.5. The highest BCUT2D eigenvalue weighted by Crippen LogP contribution is 2.12. The minimum atomic E-state index is -0.540. The predicted molar refractivity (Wildman–Crippen MR) is 110 cm³/mol. The van der Waals surface area contributed by atoms with Crippen LogP contribution in [0.25, 0.3) is 0 Å². The number of amides is 2. The van der Waals surface area contributed by atoms with E-state index in [0.29, 0.717) is 17.8 Å². The summed E-state index contributed by atoms with van der Waals surface area (Å²) in [6.07, 6.45) is 1.93. The van der Waals surface area contributed by atoms with Gasteiger partial charge in [0.25, 0.3) is 17.5 Å². The van der Waals surface area contributed by atoms with Crippen molar-refractivity contribution in [2.75, 3.05) is 11.9 Å². The lowest BCUT2D eigenvalue weighted by molar-refractivity contribution is -0.384. The Morgan fingerprint density at radius 3 is 2.14 bits per heavy atom. The van der Waals surface area contributed by atoms with Crippen LogP contribution in [0.4, 0.5) is 11.4 Å². The molecule has 0 saturated carbocycles. The maximum Gasteiger partial charge on any atom is 0.269 e. The number of nitro groups is 1. The first-order valence-corrected chi connectivity index (χ1v) is 9.06. The second-order valence-corrected chi connectivity index (χ2v) is 6.31. The molecule has 0 saturated heterocycles. The van der Waals surface area contributed by atoms with E-state index in [9.17, 15) is 19.7 Å². The first kappa shape index (κ1) is 21.0. The molecule has 3 N–H and O–H groups in total. The third-order valence-electron chi connectivity index (χ3n) is 3.79. The number of hydrogen-bond donors (Lipinski definition) is 3. The molecule has 2 amide bonds. The number of non-ortho nitro benzene ring substituents is 1. The maximum atomic E-state index is 12.1. The zero-order valence-corrected chi connectivity index (χ0v) is 16.0. The smallest absolute Gasteiger partial charge is 0.269 e. The fourth-order valence-corrected chi connectivity index (χ4v) is 2.47. The summed E-state index contributed by atoms with van der Waals surface area (Å²) in [7, 11) is 0. The van der Waals surface area contributed by atoms with Crippen molar-refractivity contribution >= 4 is 40.5 Å². The van der Waals surface area contributed by atoms with Gasteiger partial charge in [0.05, 0.1) is 4.92 Å². The summed E-state index contributed by atoms with van der Waals surface area (Å²) in [6, 6.07) is 11.9.